The van der Waals surface area contributed by atoms with E-state index in [0.29, 0.717) is 18.5 Å². The van der Waals surface area contributed by atoms with Crippen LogP contribution in [0.15, 0.2) is 18.2 Å². The van der Waals surface area contributed by atoms with Crippen LogP contribution in [-0.2, 0) is 11.2 Å². The molecule has 96 valence electrons. The van der Waals surface area contributed by atoms with Gasteiger partial charge < -0.3 is 15.5 Å². The lowest BCUT2D eigenvalue weighted by molar-refractivity contribution is -0.115. The molecule has 2 N–H and O–H groups in total. The number of anilines is 1. The predicted molar refractivity (Wildman–Crippen MR) is 69.7 cm³/mol. The maximum Gasteiger partial charge on any atom is 0.251 e. The smallest absolute Gasteiger partial charge is 0.251 e. The number of nitrogens with one attached hydrogen (secondary N) is 2. The van der Waals surface area contributed by atoms with Crippen molar-refractivity contribution in [2.24, 2.45) is 0 Å². The van der Waals surface area contributed by atoms with E-state index in [0.717, 1.165) is 17.8 Å². The van der Waals surface area contributed by atoms with Crippen molar-refractivity contribution in [3.05, 3.63) is 29.3 Å². The monoisotopic (exact) mass is 247 g/mol. The molecule has 5 heteroatoms. The van der Waals surface area contributed by atoms with Crippen molar-refractivity contribution >= 4 is 17.5 Å². The molecule has 1 aromatic carbocycles. The molecule has 2 amide bonds. The van der Waals surface area contributed by atoms with Gasteiger partial charge >= 0.3 is 0 Å². The first-order valence-electron chi connectivity index (χ1n) is 5.92. The summed E-state index contributed by atoms with van der Waals surface area (Å²) in [6.07, 6.45) is 0.401. The third kappa shape index (κ3) is 2.87. The number of nitrogens with zero attached hydrogens (tertiary/aromatic N) is 1. The zero-order chi connectivity index (χ0) is 13.1. The third-order valence-electron chi connectivity index (χ3n) is 2.84. The maximum atomic E-state index is 11.9. The molecule has 0 spiro atoms. The quantitative estimate of drug-likeness (QED) is 0.813. The minimum Gasteiger partial charge on any atom is -0.351 e. The van der Waals surface area contributed by atoms with Crippen LogP contribution in [0.2, 0.25) is 0 Å². The zero-order valence-electron chi connectivity index (χ0n) is 10.6. The van der Waals surface area contributed by atoms with Crippen molar-refractivity contribution in [2.75, 3.05) is 32.5 Å². The number of likely N-dealkylation sites (N-methyl/N-ethyl adjacent to an activating group) is 1. The second kappa shape index (κ2) is 5.18. The first-order chi connectivity index (χ1) is 8.56. The van der Waals surface area contributed by atoms with Crippen molar-refractivity contribution in [1.29, 1.82) is 0 Å². The molecule has 0 saturated heterocycles. The molecule has 0 unspecified atom stereocenters. The van der Waals surface area contributed by atoms with Crippen LogP contribution in [0.25, 0.3) is 0 Å². The molecule has 0 bridgehead atoms. The van der Waals surface area contributed by atoms with E-state index in [4.69, 9.17) is 0 Å². The number of carbonyl (C=O) groups excluding carboxylic acids is 2. The van der Waals surface area contributed by atoms with Gasteiger partial charge in [-0.05, 0) is 31.8 Å². The molecule has 1 heterocycles. The van der Waals surface area contributed by atoms with Crippen molar-refractivity contribution in [1.82, 2.24) is 10.2 Å². The van der Waals surface area contributed by atoms with Crippen LogP contribution >= 0.6 is 0 Å². The van der Waals surface area contributed by atoms with Crippen LogP contribution in [0.4, 0.5) is 5.69 Å². The van der Waals surface area contributed by atoms with Gasteiger partial charge in [0.15, 0.2) is 0 Å². The Kier molecular flexibility index (Phi) is 3.62. The molecule has 0 saturated carbocycles. The number of carbonyl (C=O) groups is 2. The summed E-state index contributed by atoms with van der Waals surface area (Å²) in [4.78, 5) is 25.1. The second-order valence-electron chi connectivity index (χ2n) is 4.66. The molecule has 1 aromatic rings. The molecular formula is C13H17N3O2. The molecule has 1 aliphatic rings. The largest absolute Gasteiger partial charge is 0.351 e. The highest BCUT2D eigenvalue weighted by molar-refractivity contribution is 6.02. The first kappa shape index (κ1) is 12.6. The Labute approximate surface area is 106 Å². The summed E-state index contributed by atoms with van der Waals surface area (Å²) in [5, 5.41) is 5.58. The second-order valence-corrected chi connectivity index (χ2v) is 4.66. The summed E-state index contributed by atoms with van der Waals surface area (Å²) < 4.78 is 0. The highest BCUT2D eigenvalue weighted by Gasteiger charge is 2.18. The minimum absolute atomic E-state index is 0.0184. The molecule has 0 aromatic heterocycles. The summed E-state index contributed by atoms with van der Waals surface area (Å²) in [6.45, 7) is 1.41. The van der Waals surface area contributed by atoms with Crippen molar-refractivity contribution in [3.8, 4) is 0 Å². The van der Waals surface area contributed by atoms with E-state index in [9.17, 15) is 9.59 Å². The van der Waals surface area contributed by atoms with Gasteiger partial charge in [0.2, 0.25) is 5.91 Å². The first-order valence-corrected chi connectivity index (χ1v) is 5.92. The number of hydrogen-bond donors (Lipinski definition) is 2. The SMILES string of the molecule is CN(C)CCNC(=O)c1ccc2c(c1)NC(=O)C2. The van der Waals surface area contributed by atoms with E-state index in [-0.39, 0.29) is 11.8 Å². The predicted octanol–water partition coefficient (Wildman–Crippen LogP) is 0.473. The van der Waals surface area contributed by atoms with Crippen LogP contribution in [0.5, 0.6) is 0 Å². The topological polar surface area (TPSA) is 61.4 Å². The van der Waals surface area contributed by atoms with Crippen molar-refractivity contribution in [3.63, 3.8) is 0 Å². The van der Waals surface area contributed by atoms with Gasteiger partial charge in [0.05, 0.1) is 6.42 Å². The number of benzene rings is 1. The lowest BCUT2D eigenvalue weighted by atomic mass is 10.1. The maximum absolute atomic E-state index is 11.9. The number of amides is 2. The van der Waals surface area contributed by atoms with E-state index in [1.807, 2.05) is 25.1 Å². The summed E-state index contributed by atoms with van der Waals surface area (Å²) in [7, 11) is 3.91. The molecule has 18 heavy (non-hydrogen) atoms. The summed E-state index contributed by atoms with van der Waals surface area (Å²) >= 11 is 0. The van der Waals surface area contributed by atoms with Gasteiger partial charge in [0.1, 0.15) is 0 Å². The number of rotatable bonds is 4. The van der Waals surface area contributed by atoms with Crippen molar-refractivity contribution in [2.45, 2.75) is 6.42 Å². The van der Waals surface area contributed by atoms with Crippen LogP contribution in [-0.4, -0.2) is 43.9 Å². The Morgan fingerprint density at radius 2 is 2.22 bits per heavy atom. The Balaban J connectivity index is 1.99. The molecule has 0 atom stereocenters. The third-order valence-corrected chi connectivity index (χ3v) is 2.84. The molecule has 1 aliphatic heterocycles. The highest BCUT2D eigenvalue weighted by atomic mass is 16.2. The van der Waals surface area contributed by atoms with Gasteiger partial charge in [-0.15, -0.1) is 0 Å². The zero-order valence-corrected chi connectivity index (χ0v) is 10.6. The highest BCUT2D eigenvalue weighted by Crippen LogP contribution is 2.23. The average Bonchev–Trinajstić information content (AvgIpc) is 2.67. The van der Waals surface area contributed by atoms with Crippen LogP contribution in [0, 0.1) is 0 Å². The van der Waals surface area contributed by atoms with Gasteiger partial charge in [-0.1, -0.05) is 6.07 Å². The van der Waals surface area contributed by atoms with Gasteiger partial charge in [0.25, 0.3) is 5.91 Å². The van der Waals surface area contributed by atoms with Gasteiger partial charge in [0, 0.05) is 24.3 Å². The molecular weight excluding hydrogens is 230 g/mol. The van der Waals surface area contributed by atoms with Crippen LogP contribution in [0.1, 0.15) is 15.9 Å². The molecule has 5 nitrogen and oxygen atoms in total. The van der Waals surface area contributed by atoms with Gasteiger partial charge in [-0.25, -0.2) is 0 Å². The van der Waals surface area contributed by atoms with Gasteiger partial charge in [-0.2, -0.15) is 0 Å². The molecule has 0 radical (unpaired) electrons. The Morgan fingerprint density at radius 3 is 2.94 bits per heavy atom. The van der Waals surface area contributed by atoms with Crippen LogP contribution in [0.3, 0.4) is 0 Å². The van der Waals surface area contributed by atoms with E-state index >= 15 is 0 Å². The lowest BCUT2D eigenvalue weighted by Crippen LogP contribution is -2.31. The molecule has 0 aliphatic carbocycles. The molecule has 0 fully saturated rings. The Bertz CT molecular complexity index is 483. The normalized spacial score (nSPS) is 13.4. The van der Waals surface area contributed by atoms with E-state index in [1.54, 1.807) is 12.1 Å². The summed E-state index contributed by atoms with van der Waals surface area (Å²) in [5.41, 5.74) is 2.28. The minimum atomic E-state index is -0.110. The molecule has 2 rings (SSSR count). The van der Waals surface area contributed by atoms with E-state index in [1.165, 1.54) is 0 Å². The van der Waals surface area contributed by atoms with Gasteiger partial charge in [-0.3, -0.25) is 9.59 Å². The lowest BCUT2D eigenvalue weighted by Gasteiger charge is -2.10. The Hall–Kier alpha value is -1.88. The fourth-order valence-corrected chi connectivity index (χ4v) is 1.85. The fourth-order valence-electron chi connectivity index (χ4n) is 1.85. The Morgan fingerprint density at radius 1 is 1.44 bits per heavy atom. The summed E-state index contributed by atoms with van der Waals surface area (Å²) in [6, 6.07) is 5.31. The van der Waals surface area contributed by atoms with E-state index in [2.05, 4.69) is 10.6 Å². The van der Waals surface area contributed by atoms with E-state index < -0.39 is 0 Å². The van der Waals surface area contributed by atoms with Crippen molar-refractivity contribution < 1.29 is 9.59 Å². The van der Waals surface area contributed by atoms with Crippen LogP contribution < -0.4 is 10.6 Å². The number of fused-ring (bicyclic) bond motifs is 1. The fraction of sp³-hybridized carbons (Fsp3) is 0.385. The average molecular weight is 247 g/mol. The number of hydrogen-bond acceptors (Lipinski definition) is 3. The summed E-state index contributed by atoms with van der Waals surface area (Å²) in [5.74, 6) is -0.129. The standard InChI is InChI=1S/C13H17N3O2/c1-16(2)6-5-14-13(18)10-4-3-9-8-12(17)15-11(9)7-10/h3-4,7H,5-6,8H2,1-2H3,(H,14,18)(H,15,17).